The second-order valence-electron chi connectivity index (χ2n) is 5.84. The van der Waals surface area contributed by atoms with Crippen molar-refractivity contribution in [3.63, 3.8) is 0 Å². The molecule has 3 aromatic rings. The van der Waals surface area contributed by atoms with Crippen LogP contribution < -0.4 is 5.22 Å². The minimum atomic E-state index is 1.08. The number of rotatable bonds is 1. The highest BCUT2D eigenvalue weighted by Crippen LogP contribution is 2.25. The topological polar surface area (TPSA) is 0 Å². The molecular formula is C22H22. The molecule has 3 aromatic carbocycles. The summed E-state index contributed by atoms with van der Waals surface area (Å²) in [6, 6.07) is 23.8. The molecule has 0 spiro atoms. The first-order valence-corrected chi connectivity index (χ1v) is 7.96. The SMILES string of the molecule is CC/C(C)=c1/cccc2c3cccccccc(c3)c(C)c12. The van der Waals surface area contributed by atoms with E-state index in [-0.39, 0.29) is 0 Å². The second-order valence-corrected chi connectivity index (χ2v) is 5.84. The summed E-state index contributed by atoms with van der Waals surface area (Å²) in [5, 5.41) is 6.72. The molecule has 0 fully saturated rings. The second kappa shape index (κ2) is 6.19. The van der Waals surface area contributed by atoms with Crippen molar-refractivity contribution in [2.45, 2.75) is 27.2 Å². The lowest BCUT2D eigenvalue weighted by Crippen LogP contribution is -2.07. The molecule has 0 saturated carbocycles. The maximum Gasteiger partial charge on any atom is -0.00707 e. The standard InChI is InChI=1S/C22H22/c1-4-16(2)20-13-10-14-21-19-12-9-7-5-6-8-11-18(15-19)17(3)22(20)21/h5-15H,4H2,1-3H3/b6-5?,7-5?,8-6?,9-7?,11-8?,12-9?,18-11?,19-12?,20-16-. The van der Waals surface area contributed by atoms with Crippen molar-refractivity contribution in [1.82, 2.24) is 0 Å². The summed E-state index contributed by atoms with van der Waals surface area (Å²) in [5.74, 6) is 0. The molecule has 0 N–H and O–H groups in total. The largest absolute Gasteiger partial charge is 0.0657 e. The Hall–Kier alpha value is -2.34. The van der Waals surface area contributed by atoms with Crippen LogP contribution in [-0.2, 0) is 0 Å². The van der Waals surface area contributed by atoms with E-state index in [0.717, 1.165) is 6.42 Å². The average molecular weight is 286 g/mol. The van der Waals surface area contributed by atoms with Crippen molar-refractivity contribution in [2.75, 3.05) is 0 Å². The summed E-state index contributed by atoms with van der Waals surface area (Å²) in [4.78, 5) is 0. The van der Waals surface area contributed by atoms with Crippen LogP contribution in [-0.4, -0.2) is 0 Å². The molecule has 0 atom stereocenters. The fourth-order valence-electron chi connectivity index (χ4n) is 3.06. The Bertz CT molecular complexity index is 931. The van der Waals surface area contributed by atoms with E-state index in [0.29, 0.717) is 0 Å². The van der Waals surface area contributed by atoms with E-state index in [2.05, 4.69) is 87.5 Å². The van der Waals surface area contributed by atoms with Crippen LogP contribution in [0.15, 0.2) is 66.7 Å². The summed E-state index contributed by atoms with van der Waals surface area (Å²) in [5.41, 5.74) is 2.81. The van der Waals surface area contributed by atoms with Crippen LogP contribution in [0.2, 0.25) is 0 Å². The van der Waals surface area contributed by atoms with Crippen molar-refractivity contribution < 1.29 is 0 Å². The van der Waals surface area contributed by atoms with E-state index in [1.165, 1.54) is 37.9 Å². The molecule has 0 aliphatic rings. The summed E-state index contributed by atoms with van der Waals surface area (Å²) in [6.45, 7) is 6.71. The molecule has 2 bridgehead atoms. The van der Waals surface area contributed by atoms with Crippen LogP contribution in [0.5, 0.6) is 0 Å². The van der Waals surface area contributed by atoms with Gasteiger partial charge in [-0.05, 0) is 58.7 Å². The van der Waals surface area contributed by atoms with Gasteiger partial charge in [0, 0.05) is 0 Å². The van der Waals surface area contributed by atoms with Gasteiger partial charge in [0.05, 0.1) is 0 Å². The summed E-state index contributed by atoms with van der Waals surface area (Å²) in [6.07, 6.45) is 1.08. The van der Waals surface area contributed by atoms with Gasteiger partial charge in [-0.1, -0.05) is 73.2 Å². The van der Waals surface area contributed by atoms with Crippen LogP contribution in [0, 0.1) is 6.92 Å². The zero-order valence-electron chi connectivity index (χ0n) is 13.6. The Morgan fingerprint density at radius 2 is 1.50 bits per heavy atom. The average Bonchev–Trinajstić information content (AvgIpc) is 2.56. The van der Waals surface area contributed by atoms with Crippen LogP contribution in [0.4, 0.5) is 0 Å². The molecule has 0 aliphatic heterocycles. The van der Waals surface area contributed by atoms with E-state index in [4.69, 9.17) is 0 Å². The lowest BCUT2D eigenvalue weighted by atomic mass is 9.95. The lowest BCUT2D eigenvalue weighted by Gasteiger charge is -2.09. The minimum absolute atomic E-state index is 1.08. The maximum absolute atomic E-state index is 2.29. The summed E-state index contributed by atoms with van der Waals surface area (Å²) in [7, 11) is 0. The third kappa shape index (κ3) is 2.57. The Balaban J connectivity index is 2.65. The molecule has 0 unspecified atom stereocenters. The lowest BCUT2D eigenvalue weighted by molar-refractivity contribution is 1.21. The monoisotopic (exact) mass is 286 g/mol. The molecule has 0 aromatic heterocycles. The van der Waals surface area contributed by atoms with Crippen molar-refractivity contribution in [2.24, 2.45) is 0 Å². The number of hydrogen-bond donors (Lipinski definition) is 0. The van der Waals surface area contributed by atoms with Gasteiger partial charge in [0.1, 0.15) is 0 Å². The van der Waals surface area contributed by atoms with Gasteiger partial charge in [-0.2, -0.15) is 0 Å². The molecule has 110 valence electrons. The van der Waals surface area contributed by atoms with E-state index in [1.54, 1.807) is 0 Å². The maximum atomic E-state index is 2.29. The summed E-state index contributed by atoms with van der Waals surface area (Å²) >= 11 is 0. The number of benzene rings is 2. The Morgan fingerprint density at radius 1 is 0.818 bits per heavy atom. The molecule has 0 heteroatoms. The van der Waals surface area contributed by atoms with Crippen molar-refractivity contribution in [3.05, 3.63) is 77.5 Å². The van der Waals surface area contributed by atoms with E-state index < -0.39 is 0 Å². The molecule has 0 aliphatic carbocycles. The van der Waals surface area contributed by atoms with E-state index >= 15 is 0 Å². The van der Waals surface area contributed by atoms with Gasteiger partial charge in [-0.15, -0.1) is 0 Å². The number of aryl methyl sites for hydroxylation is 1. The van der Waals surface area contributed by atoms with Crippen LogP contribution in [0.1, 0.15) is 25.8 Å². The molecule has 3 rings (SSSR count). The van der Waals surface area contributed by atoms with Gasteiger partial charge >= 0.3 is 0 Å². The predicted octanol–water partition coefficient (Wildman–Crippen LogP) is 5.73. The van der Waals surface area contributed by atoms with Crippen LogP contribution in [0.3, 0.4) is 0 Å². The normalized spacial score (nSPS) is 12.3. The van der Waals surface area contributed by atoms with E-state index in [9.17, 15) is 0 Å². The zero-order valence-corrected chi connectivity index (χ0v) is 13.6. The first-order chi connectivity index (χ1) is 10.7. The molecule has 0 amide bonds. The smallest absolute Gasteiger partial charge is 0.00707 e. The first-order valence-electron chi connectivity index (χ1n) is 7.96. The number of hydrogen-bond acceptors (Lipinski definition) is 0. The fraction of sp³-hybridized carbons (Fsp3) is 0.182. The van der Waals surface area contributed by atoms with Gasteiger partial charge in [-0.25, -0.2) is 0 Å². The van der Waals surface area contributed by atoms with Gasteiger partial charge < -0.3 is 0 Å². The van der Waals surface area contributed by atoms with Crippen molar-refractivity contribution in [3.8, 4) is 0 Å². The predicted molar refractivity (Wildman–Crippen MR) is 98.4 cm³/mol. The van der Waals surface area contributed by atoms with Gasteiger partial charge in [-0.3, -0.25) is 0 Å². The molecular weight excluding hydrogens is 264 g/mol. The first kappa shape index (κ1) is 14.6. The quantitative estimate of drug-likeness (QED) is 0.536. The van der Waals surface area contributed by atoms with Gasteiger partial charge in [0.25, 0.3) is 0 Å². The van der Waals surface area contributed by atoms with Gasteiger partial charge in [0.15, 0.2) is 0 Å². The molecule has 22 heavy (non-hydrogen) atoms. The van der Waals surface area contributed by atoms with Crippen molar-refractivity contribution in [1.29, 1.82) is 0 Å². The zero-order chi connectivity index (χ0) is 15.5. The third-order valence-electron chi connectivity index (χ3n) is 4.48. The van der Waals surface area contributed by atoms with Crippen molar-refractivity contribution >= 4 is 27.1 Å². The Morgan fingerprint density at radius 3 is 2.23 bits per heavy atom. The molecule has 0 nitrogen and oxygen atoms in total. The van der Waals surface area contributed by atoms with Gasteiger partial charge in [0.2, 0.25) is 0 Å². The minimum Gasteiger partial charge on any atom is -0.0657 e. The molecule has 0 heterocycles. The fourth-order valence-corrected chi connectivity index (χ4v) is 3.06. The van der Waals surface area contributed by atoms with Crippen LogP contribution >= 0.6 is 0 Å². The highest BCUT2D eigenvalue weighted by molar-refractivity contribution is 6.05. The molecule has 0 saturated heterocycles. The highest BCUT2D eigenvalue weighted by Gasteiger charge is 2.05. The summed E-state index contributed by atoms with van der Waals surface area (Å²) < 4.78 is 0. The van der Waals surface area contributed by atoms with E-state index in [1.807, 2.05) is 0 Å². The Kier molecular flexibility index (Phi) is 4.11. The molecule has 0 radical (unpaired) electrons. The Labute approximate surface area is 132 Å². The number of fused-ring (bicyclic) bond motifs is 4. The third-order valence-corrected chi connectivity index (χ3v) is 4.48. The van der Waals surface area contributed by atoms with Crippen LogP contribution in [0.25, 0.3) is 27.1 Å². The highest BCUT2D eigenvalue weighted by atomic mass is 14.1.